The first-order valence-corrected chi connectivity index (χ1v) is 8.39. The zero-order valence-corrected chi connectivity index (χ0v) is 12.8. The maximum absolute atomic E-state index is 5.67. The Morgan fingerprint density at radius 3 is 2.89 bits per heavy atom. The molecule has 19 heavy (non-hydrogen) atoms. The summed E-state index contributed by atoms with van der Waals surface area (Å²) in [5.74, 6) is 4.24. The van der Waals surface area contributed by atoms with Crippen molar-refractivity contribution in [3.63, 3.8) is 0 Å². The van der Waals surface area contributed by atoms with Gasteiger partial charge in [-0.05, 0) is 49.8 Å². The van der Waals surface area contributed by atoms with Gasteiger partial charge in [0.2, 0.25) is 5.89 Å². The van der Waals surface area contributed by atoms with Crippen LogP contribution in [0.1, 0.15) is 56.5 Å². The number of rotatable bonds is 7. The average molecular weight is 283 g/mol. The Kier molecular flexibility index (Phi) is 5.70. The number of aryl methyl sites for hydroxylation is 1. The molecule has 2 heterocycles. The lowest BCUT2D eigenvalue weighted by Crippen LogP contribution is -2.15. The Morgan fingerprint density at radius 2 is 2.26 bits per heavy atom. The molecular formula is C14H25N3OS. The summed E-state index contributed by atoms with van der Waals surface area (Å²) in [4.78, 5) is 4.55. The number of hydrogen-bond acceptors (Lipinski definition) is 5. The topological polar surface area (TPSA) is 64.9 Å². The summed E-state index contributed by atoms with van der Waals surface area (Å²) in [7, 11) is 0. The molecule has 1 aromatic heterocycles. The summed E-state index contributed by atoms with van der Waals surface area (Å²) in [6.45, 7) is 5.28. The van der Waals surface area contributed by atoms with Crippen LogP contribution in [0.4, 0.5) is 0 Å². The molecule has 0 spiro atoms. The van der Waals surface area contributed by atoms with Gasteiger partial charge in [0.1, 0.15) is 0 Å². The van der Waals surface area contributed by atoms with Crippen LogP contribution in [-0.4, -0.2) is 22.4 Å². The van der Waals surface area contributed by atoms with Gasteiger partial charge >= 0.3 is 0 Å². The minimum Gasteiger partial charge on any atom is -0.339 e. The molecule has 4 nitrogen and oxygen atoms in total. The molecule has 0 saturated carbocycles. The van der Waals surface area contributed by atoms with Crippen LogP contribution >= 0.6 is 11.8 Å². The Balaban J connectivity index is 1.85. The molecule has 1 aliphatic heterocycles. The Bertz CT molecular complexity index is 375. The van der Waals surface area contributed by atoms with E-state index in [4.69, 9.17) is 10.3 Å². The molecule has 1 aliphatic rings. The first-order valence-electron chi connectivity index (χ1n) is 7.35. The van der Waals surface area contributed by atoms with E-state index in [1.165, 1.54) is 18.6 Å². The second-order valence-electron chi connectivity index (χ2n) is 5.67. The summed E-state index contributed by atoms with van der Waals surface area (Å²) >= 11 is 1.94. The van der Waals surface area contributed by atoms with Crippen molar-refractivity contribution in [1.82, 2.24) is 10.1 Å². The predicted molar refractivity (Wildman–Crippen MR) is 79.1 cm³/mol. The van der Waals surface area contributed by atoms with E-state index in [-0.39, 0.29) is 0 Å². The molecule has 1 fully saturated rings. The molecule has 0 radical (unpaired) electrons. The fourth-order valence-electron chi connectivity index (χ4n) is 2.62. The number of aromatic nitrogens is 2. The molecule has 5 heteroatoms. The summed E-state index contributed by atoms with van der Waals surface area (Å²) in [6.07, 6.45) is 5.51. The number of hydrogen-bond donors (Lipinski definition) is 1. The van der Waals surface area contributed by atoms with E-state index >= 15 is 0 Å². The molecule has 2 atom stereocenters. The number of nitrogens with two attached hydrogens (primary N) is 1. The van der Waals surface area contributed by atoms with Crippen LogP contribution in [0.5, 0.6) is 0 Å². The maximum atomic E-state index is 5.67. The minimum absolute atomic E-state index is 0.461. The smallest absolute Gasteiger partial charge is 0.226 e. The van der Waals surface area contributed by atoms with Crippen LogP contribution in [0.25, 0.3) is 0 Å². The van der Waals surface area contributed by atoms with Crippen LogP contribution in [0, 0.1) is 11.8 Å². The van der Waals surface area contributed by atoms with E-state index < -0.39 is 0 Å². The van der Waals surface area contributed by atoms with E-state index in [2.05, 4.69) is 24.0 Å². The van der Waals surface area contributed by atoms with E-state index in [0.717, 1.165) is 37.5 Å². The monoisotopic (exact) mass is 283 g/mol. The Labute approximate surface area is 119 Å². The molecule has 108 valence electrons. The van der Waals surface area contributed by atoms with Gasteiger partial charge in [-0.2, -0.15) is 16.7 Å². The van der Waals surface area contributed by atoms with E-state index in [1.807, 2.05) is 11.8 Å². The van der Waals surface area contributed by atoms with Crippen molar-refractivity contribution in [3.05, 3.63) is 11.7 Å². The van der Waals surface area contributed by atoms with Crippen molar-refractivity contribution in [2.24, 2.45) is 17.6 Å². The number of nitrogens with zero attached hydrogens (tertiary/aromatic N) is 2. The highest BCUT2D eigenvalue weighted by molar-refractivity contribution is 7.99. The Morgan fingerprint density at radius 1 is 1.42 bits per heavy atom. The molecule has 2 rings (SSSR count). The van der Waals surface area contributed by atoms with Crippen LogP contribution < -0.4 is 5.73 Å². The third-order valence-electron chi connectivity index (χ3n) is 3.91. The summed E-state index contributed by atoms with van der Waals surface area (Å²) in [5, 5.41) is 4.60. The van der Waals surface area contributed by atoms with Crippen LogP contribution in [-0.2, 0) is 6.42 Å². The zero-order chi connectivity index (χ0) is 13.7. The minimum atomic E-state index is 0.461. The summed E-state index contributed by atoms with van der Waals surface area (Å²) in [5.41, 5.74) is 5.67. The van der Waals surface area contributed by atoms with Crippen molar-refractivity contribution < 1.29 is 4.52 Å². The van der Waals surface area contributed by atoms with Crippen LogP contribution in [0.2, 0.25) is 0 Å². The molecule has 0 bridgehead atoms. The molecule has 0 amide bonds. The Hall–Kier alpha value is -0.550. The van der Waals surface area contributed by atoms with E-state index in [0.29, 0.717) is 17.1 Å². The van der Waals surface area contributed by atoms with Gasteiger partial charge in [-0.3, -0.25) is 0 Å². The molecule has 2 N–H and O–H groups in total. The van der Waals surface area contributed by atoms with Crippen molar-refractivity contribution in [1.29, 1.82) is 0 Å². The maximum Gasteiger partial charge on any atom is 0.226 e. The van der Waals surface area contributed by atoms with Crippen molar-refractivity contribution in [2.75, 3.05) is 12.3 Å². The standard InChI is InChI=1S/C14H25N3OS/c1-10(2)11(7-8-15)5-6-13-16-14(17-18-13)12-4-3-9-19-12/h10-12H,3-9,15H2,1-2H3. The van der Waals surface area contributed by atoms with Gasteiger partial charge in [0.15, 0.2) is 5.82 Å². The van der Waals surface area contributed by atoms with Gasteiger partial charge in [-0.25, -0.2) is 0 Å². The lowest BCUT2D eigenvalue weighted by atomic mass is 9.88. The fourth-order valence-corrected chi connectivity index (χ4v) is 3.81. The lowest BCUT2D eigenvalue weighted by Gasteiger charge is -2.18. The van der Waals surface area contributed by atoms with Gasteiger partial charge in [0, 0.05) is 6.42 Å². The van der Waals surface area contributed by atoms with Crippen molar-refractivity contribution >= 4 is 11.8 Å². The summed E-state index contributed by atoms with van der Waals surface area (Å²) in [6, 6.07) is 0. The fraction of sp³-hybridized carbons (Fsp3) is 0.857. The highest BCUT2D eigenvalue weighted by Gasteiger charge is 2.23. The zero-order valence-electron chi connectivity index (χ0n) is 12.0. The van der Waals surface area contributed by atoms with Gasteiger partial charge < -0.3 is 10.3 Å². The molecule has 0 aromatic carbocycles. The predicted octanol–water partition coefficient (Wildman–Crippen LogP) is 3.19. The average Bonchev–Trinajstić information content (AvgIpc) is 3.04. The van der Waals surface area contributed by atoms with E-state index in [1.54, 1.807) is 0 Å². The molecule has 2 unspecified atom stereocenters. The van der Waals surface area contributed by atoms with Gasteiger partial charge in [-0.1, -0.05) is 19.0 Å². The number of thioether (sulfide) groups is 1. The van der Waals surface area contributed by atoms with Crippen LogP contribution in [0.3, 0.4) is 0 Å². The molecule has 1 saturated heterocycles. The van der Waals surface area contributed by atoms with Gasteiger partial charge in [-0.15, -0.1) is 0 Å². The second-order valence-corrected chi connectivity index (χ2v) is 6.98. The SMILES string of the molecule is CC(C)C(CCN)CCc1nc(C2CCCS2)no1. The second kappa shape index (κ2) is 7.29. The third-order valence-corrected chi connectivity index (χ3v) is 5.28. The highest BCUT2D eigenvalue weighted by atomic mass is 32.2. The lowest BCUT2D eigenvalue weighted by molar-refractivity contribution is 0.312. The highest BCUT2D eigenvalue weighted by Crippen LogP contribution is 2.38. The van der Waals surface area contributed by atoms with Gasteiger partial charge in [0.25, 0.3) is 0 Å². The first-order chi connectivity index (χ1) is 9.20. The summed E-state index contributed by atoms with van der Waals surface area (Å²) < 4.78 is 5.38. The van der Waals surface area contributed by atoms with Crippen molar-refractivity contribution in [3.8, 4) is 0 Å². The van der Waals surface area contributed by atoms with Gasteiger partial charge in [0.05, 0.1) is 5.25 Å². The quantitative estimate of drug-likeness (QED) is 0.832. The molecular weight excluding hydrogens is 258 g/mol. The molecule has 1 aromatic rings. The molecule has 0 aliphatic carbocycles. The third kappa shape index (κ3) is 4.21. The largest absolute Gasteiger partial charge is 0.339 e. The van der Waals surface area contributed by atoms with E-state index in [9.17, 15) is 0 Å². The van der Waals surface area contributed by atoms with Crippen LogP contribution in [0.15, 0.2) is 4.52 Å². The van der Waals surface area contributed by atoms with Crippen molar-refractivity contribution in [2.45, 2.75) is 51.2 Å². The first kappa shape index (κ1) is 14.9. The normalized spacial score (nSPS) is 21.2.